The third-order valence-electron chi connectivity index (χ3n) is 2.01. The minimum Gasteiger partial charge on any atom is -0.424 e. The number of aromatic nitrogens is 2. The van der Waals surface area contributed by atoms with Gasteiger partial charge in [0.05, 0.1) is 6.42 Å². The van der Waals surface area contributed by atoms with Crippen molar-refractivity contribution in [2.45, 2.75) is 12.3 Å². The Bertz CT molecular complexity index is 481. The lowest BCUT2D eigenvalue weighted by molar-refractivity contribution is 0.463. The van der Waals surface area contributed by atoms with E-state index >= 15 is 0 Å². The highest BCUT2D eigenvalue weighted by molar-refractivity contribution is 6.16. The fourth-order valence-corrected chi connectivity index (χ4v) is 1.37. The van der Waals surface area contributed by atoms with E-state index in [1.807, 2.05) is 0 Å². The van der Waals surface area contributed by atoms with Gasteiger partial charge in [0.15, 0.2) is 0 Å². The summed E-state index contributed by atoms with van der Waals surface area (Å²) in [6.07, 6.45) is -0.0810. The van der Waals surface area contributed by atoms with Crippen molar-refractivity contribution in [1.82, 2.24) is 10.2 Å². The highest BCUT2D eigenvalue weighted by Gasteiger charge is 2.13. The highest BCUT2D eigenvalue weighted by Crippen LogP contribution is 2.16. The molecule has 2 aromatic rings. The number of hydrogen-bond donors (Lipinski definition) is 0. The van der Waals surface area contributed by atoms with Crippen LogP contribution >= 0.6 is 11.6 Å². The number of rotatable bonds is 3. The lowest BCUT2D eigenvalue weighted by Crippen LogP contribution is -1.97. The number of hydrogen-bond acceptors (Lipinski definition) is 3. The molecule has 3 nitrogen and oxygen atoms in total. The van der Waals surface area contributed by atoms with Crippen molar-refractivity contribution >= 4 is 11.6 Å². The molecule has 84 valence electrons. The van der Waals surface area contributed by atoms with Gasteiger partial charge in [0.25, 0.3) is 0 Å². The van der Waals surface area contributed by atoms with Gasteiger partial charge in [-0.2, -0.15) is 0 Å². The maximum absolute atomic E-state index is 13.3. The van der Waals surface area contributed by atoms with Crippen LogP contribution in [0.1, 0.15) is 17.3 Å². The third-order valence-corrected chi connectivity index (χ3v) is 2.24. The van der Waals surface area contributed by atoms with E-state index in [1.165, 1.54) is 18.2 Å². The topological polar surface area (TPSA) is 38.9 Å². The summed E-state index contributed by atoms with van der Waals surface area (Å²) in [7, 11) is 0. The second-order valence-corrected chi connectivity index (χ2v) is 3.37. The van der Waals surface area contributed by atoms with Gasteiger partial charge in [0, 0.05) is 5.56 Å². The number of halogens is 3. The average molecular weight is 245 g/mol. The fraction of sp³-hybridized carbons (Fsp3) is 0.200. The zero-order valence-electron chi connectivity index (χ0n) is 8.08. The molecular formula is C10H7ClF2N2O. The first-order valence-corrected chi connectivity index (χ1v) is 5.04. The molecule has 0 amide bonds. The third kappa shape index (κ3) is 2.19. The summed E-state index contributed by atoms with van der Waals surface area (Å²) in [5.41, 5.74) is -0.0905. The molecule has 0 bridgehead atoms. The van der Waals surface area contributed by atoms with E-state index in [0.717, 1.165) is 0 Å². The molecule has 0 unspecified atom stereocenters. The first kappa shape index (κ1) is 11.0. The van der Waals surface area contributed by atoms with E-state index in [0.29, 0.717) is 0 Å². The van der Waals surface area contributed by atoms with E-state index in [-0.39, 0.29) is 29.6 Å². The molecule has 0 atom stereocenters. The Kier molecular flexibility index (Phi) is 3.14. The molecule has 0 saturated heterocycles. The maximum atomic E-state index is 13.3. The van der Waals surface area contributed by atoms with Gasteiger partial charge in [-0.25, -0.2) is 8.78 Å². The summed E-state index contributed by atoms with van der Waals surface area (Å²) in [6, 6.07) is 3.65. The minimum atomic E-state index is -0.634. The van der Waals surface area contributed by atoms with E-state index in [1.54, 1.807) is 0 Å². The summed E-state index contributed by atoms with van der Waals surface area (Å²) in [6.45, 7) is 0. The van der Waals surface area contributed by atoms with Crippen molar-refractivity contribution in [2.24, 2.45) is 0 Å². The Morgan fingerprint density at radius 2 is 1.75 bits per heavy atom. The van der Waals surface area contributed by atoms with E-state index in [4.69, 9.17) is 16.0 Å². The van der Waals surface area contributed by atoms with Crippen LogP contribution in [-0.2, 0) is 12.3 Å². The molecule has 0 fully saturated rings. The predicted molar refractivity (Wildman–Crippen MR) is 53.0 cm³/mol. The molecule has 6 heteroatoms. The Balaban J connectivity index is 2.26. The van der Waals surface area contributed by atoms with E-state index in [9.17, 15) is 8.78 Å². The standard InChI is InChI=1S/C10H7ClF2N2O/c11-5-10-15-14-9(16-10)4-6-7(12)2-1-3-8(6)13/h1-3H,4-5H2. The molecule has 2 rings (SSSR count). The van der Waals surface area contributed by atoms with Gasteiger partial charge >= 0.3 is 0 Å². The smallest absolute Gasteiger partial charge is 0.231 e. The van der Waals surface area contributed by atoms with Crippen molar-refractivity contribution in [1.29, 1.82) is 0 Å². The van der Waals surface area contributed by atoms with Gasteiger partial charge in [-0.15, -0.1) is 21.8 Å². The van der Waals surface area contributed by atoms with Crippen LogP contribution in [-0.4, -0.2) is 10.2 Å². The molecule has 0 N–H and O–H groups in total. The molecule has 0 aliphatic carbocycles. The Hall–Kier alpha value is -1.49. The molecule has 0 spiro atoms. The Morgan fingerprint density at radius 1 is 1.12 bits per heavy atom. The second kappa shape index (κ2) is 4.57. The molecule has 16 heavy (non-hydrogen) atoms. The maximum Gasteiger partial charge on any atom is 0.231 e. The van der Waals surface area contributed by atoms with Crippen molar-refractivity contribution in [3.8, 4) is 0 Å². The van der Waals surface area contributed by atoms with Crippen LogP contribution < -0.4 is 0 Å². The SMILES string of the molecule is Fc1cccc(F)c1Cc1nnc(CCl)o1. The van der Waals surface area contributed by atoms with Crippen LogP contribution in [0.2, 0.25) is 0 Å². The normalized spacial score (nSPS) is 10.7. The van der Waals surface area contributed by atoms with Gasteiger partial charge < -0.3 is 4.42 Å². The summed E-state index contributed by atoms with van der Waals surface area (Å²) >= 11 is 5.46. The average Bonchev–Trinajstić information content (AvgIpc) is 2.71. The van der Waals surface area contributed by atoms with Gasteiger partial charge in [0.1, 0.15) is 17.5 Å². The largest absolute Gasteiger partial charge is 0.424 e. The zero-order chi connectivity index (χ0) is 11.5. The van der Waals surface area contributed by atoms with Crippen molar-refractivity contribution < 1.29 is 13.2 Å². The summed E-state index contributed by atoms with van der Waals surface area (Å²) in [5.74, 6) is -0.823. The quantitative estimate of drug-likeness (QED) is 0.780. The highest BCUT2D eigenvalue weighted by atomic mass is 35.5. The molecule has 0 aliphatic heterocycles. The van der Waals surface area contributed by atoms with Crippen molar-refractivity contribution in [3.05, 3.63) is 47.2 Å². The first-order valence-electron chi connectivity index (χ1n) is 4.51. The molecule has 0 saturated carbocycles. The molecule has 0 radical (unpaired) electrons. The van der Waals surface area contributed by atoms with Crippen LogP contribution in [0.3, 0.4) is 0 Å². The lowest BCUT2D eigenvalue weighted by atomic mass is 10.1. The number of nitrogens with zero attached hydrogens (tertiary/aromatic N) is 2. The summed E-state index contributed by atoms with van der Waals surface area (Å²) < 4.78 is 31.6. The molecule has 0 aliphatic rings. The first-order chi connectivity index (χ1) is 7.70. The summed E-state index contributed by atoms with van der Waals surface area (Å²) in [4.78, 5) is 0. The molecule has 1 aromatic heterocycles. The predicted octanol–water partition coefficient (Wildman–Crippen LogP) is 2.68. The van der Waals surface area contributed by atoms with Crippen molar-refractivity contribution in [2.75, 3.05) is 0 Å². The Labute approximate surface area is 95.1 Å². The molecule has 1 aromatic carbocycles. The molecule has 1 heterocycles. The van der Waals surface area contributed by atoms with Crippen LogP contribution in [0.4, 0.5) is 8.78 Å². The van der Waals surface area contributed by atoms with Crippen LogP contribution in [0.25, 0.3) is 0 Å². The monoisotopic (exact) mass is 244 g/mol. The lowest BCUT2D eigenvalue weighted by Gasteiger charge is -2.00. The summed E-state index contributed by atoms with van der Waals surface area (Å²) in [5, 5.41) is 7.23. The van der Waals surface area contributed by atoms with Crippen LogP contribution in [0, 0.1) is 11.6 Å². The van der Waals surface area contributed by atoms with Crippen LogP contribution in [0.5, 0.6) is 0 Å². The van der Waals surface area contributed by atoms with Gasteiger partial charge in [-0.1, -0.05) is 6.07 Å². The van der Waals surface area contributed by atoms with Gasteiger partial charge in [0.2, 0.25) is 11.8 Å². The van der Waals surface area contributed by atoms with Gasteiger partial charge in [-0.3, -0.25) is 0 Å². The van der Waals surface area contributed by atoms with Gasteiger partial charge in [-0.05, 0) is 12.1 Å². The molecular weight excluding hydrogens is 238 g/mol. The second-order valence-electron chi connectivity index (χ2n) is 3.10. The van der Waals surface area contributed by atoms with E-state index < -0.39 is 11.6 Å². The minimum absolute atomic E-state index is 0.0761. The number of alkyl halides is 1. The number of benzene rings is 1. The van der Waals surface area contributed by atoms with Crippen molar-refractivity contribution in [3.63, 3.8) is 0 Å². The Morgan fingerprint density at radius 3 is 2.31 bits per heavy atom. The zero-order valence-corrected chi connectivity index (χ0v) is 8.84. The van der Waals surface area contributed by atoms with E-state index in [2.05, 4.69) is 10.2 Å². The van der Waals surface area contributed by atoms with Crippen LogP contribution in [0.15, 0.2) is 22.6 Å². The fourth-order valence-electron chi connectivity index (χ4n) is 1.27.